The summed E-state index contributed by atoms with van der Waals surface area (Å²) in [6.07, 6.45) is 3.73. The van der Waals surface area contributed by atoms with Crippen LogP contribution in [-0.4, -0.2) is 27.3 Å². The average Bonchev–Trinajstić information content (AvgIpc) is 2.59. The van der Waals surface area contributed by atoms with Gasteiger partial charge in [-0.1, -0.05) is 30.4 Å². The molecule has 0 N–H and O–H groups in total. The van der Waals surface area contributed by atoms with Crippen molar-refractivity contribution in [2.45, 2.75) is 0 Å². The summed E-state index contributed by atoms with van der Waals surface area (Å²) in [7, 11) is 4.56. The molecule has 0 aliphatic carbocycles. The fourth-order valence-electron chi connectivity index (χ4n) is 2.17. The molecule has 5 heteroatoms. The molecule has 0 radical (unpaired) electrons. The van der Waals surface area contributed by atoms with Gasteiger partial charge in [0.2, 0.25) is 0 Å². The van der Waals surface area contributed by atoms with E-state index in [9.17, 15) is 4.79 Å². The molecule has 0 bridgehead atoms. The van der Waals surface area contributed by atoms with E-state index in [0.29, 0.717) is 17.1 Å². The zero-order valence-electron chi connectivity index (χ0n) is 13.1. The molecular formula is C18H17BrO4. The van der Waals surface area contributed by atoms with Crippen LogP contribution in [0.25, 0.3) is 12.2 Å². The van der Waals surface area contributed by atoms with Gasteiger partial charge in [-0.2, -0.15) is 0 Å². The number of benzene rings is 2. The Morgan fingerprint density at radius 1 is 0.957 bits per heavy atom. The van der Waals surface area contributed by atoms with E-state index >= 15 is 0 Å². The molecule has 23 heavy (non-hydrogen) atoms. The maximum Gasteiger partial charge on any atom is 0.338 e. The van der Waals surface area contributed by atoms with Gasteiger partial charge in [0, 0.05) is 5.56 Å². The Morgan fingerprint density at radius 3 is 2.30 bits per heavy atom. The van der Waals surface area contributed by atoms with E-state index in [1.807, 2.05) is 36.4 Å². The van der Waals surface area contributed by atoms with Gasteiger partial charge >= 0.3 is 5.97 Å². The second-order valence-corrected chi connectivity index (χ2v) is 5.41. The molecule has 0 amide bonds. The monoisotopic (exact) mass is 376 g/mol. The second kappa shape index (κ2) is 7.83. The van der Waals surface area contributed by atoms with Crippen molar-refractivity contribution in [3.8, 4) is 11.5 Å². The van der Waals surface area contributed by atoms with E-state index in [1.54, 1.807) is 26.4 Å². The fourth-order valence-corrected chi connectivity index (χ4v) is 2.85. The topological polar surface area (TPSA) is 44.8 Å². The van der Waals surface area contributed by atoms with Crippen molar-refractivity contribution >= 4 is 34.1 Å². The maximum absolute atomic E-state index is 11.8. The largest absolute Gasteiger partial charge is 0.495 e. The number of carbonyl (C=O) groups excluding carboxylic acids is 1. The Hall–Kier alpha value is -2.27. The summed E-state index contributed by atoms with van der Waals surface area (Å²) in [6.45, 7) is 0. The van der Waals surface area contributed by atoms with Crippen molar-refractivity contribution in [3.05, 3.63) is 57.6 Å². The first-order chi connectivity index (χ1) is 11.1. The van der Waals surface area contributed by atoms with Crippen LogP contribution >= 0.6 is 15.9 Å². The van der Waals surface area contributed by atoms with Crippen molar-refractivity contribution < 1.29 is 19.0 Å². The highest BCUT2D eigenvalue weighted by atomic mass is 79.9. The minimum Gasteiger partial charge on any atom is -0.495 e. The Balaban J connectivity index is 2.42. The van der Waals surface area contributed by atoms with Crippen molar-refractivity contribution in [1.29, 1.82) is 0 Å². The third kappa shape index (κ3) is 3.74. The van der Waals surface area contributed by atoms with Crippen molar-refractivity contribution in [3.63, 3.8) is 0 Å². The smallest absolute Gasteiger partial charge is 0.338 e. The minimum absolute atomic E-state index is 0.367. The Labute approximate surface area is 143 Å². The van der Waals surface area contributed by atoms with Gasteiger partial charge in [0.25, 0.3) is 0 Å². The van der Waals surface area contributed by atoms with Gasteiger partial charge in [-0.3, -0.25) is 0 Å². The van der Waals surface area contributed by atoms with Crippen LogP contribution in [0.4, 0.5) is 0 Å². The predicted molar refractivity (Wildman–Crippen MR) is 94.0 cm³/mol. The van der Waals surface area contributed by atoms with Crippen LogP contribution in [0.15, 0.2) is 40.9 Å². The van der Waals surface area contributed by atoms with E-state index in [0.717, 1.165) is 15.6 Å². The van der Waals surface area contributed by atoms with E-state index in [2.05, 4.69) is 15.9 Å². The van der Waals surface area contributed by atoms with Gasteiger partial charge in [-0.05, 0) is 39.7 Å². The van der Waals surface area contributed by atoms with Crippen LogP contribution in [0.2, 0.25) is 0 Å². The van der Waals surface area contributed by atoms with Crippen LogP contribution in [0, 0.1) is 0 Å². The second-order valence-electron chi connectivity index (χ2n) is 4.62. The lowest BCUT2D eigenvalue weighted by molar-refractivity contribution is 0.0600. The van der Waals surface area contributed by atoms with E-state index in [-0.39, 0.29) is 5.97 Å². The molecule has 0 saturated carbocycles. The van der Waals surface area contributed by atoms with Gasteiger partial charge in [0.15, 0.2) is 0 Å². The van der Waals surface area contributed by atoms with Crippen LogP contribution in [0.5, 0.6) is 11.5 Å². The van der Waals surface area contributed by atoms with Gasteiger partial charge < -0.3 is 14.2 Å². The number of carbonyl (C=O) groups is 1. The molecule has 4 nitrogen and oxygen atoms in total. The predicted octanol–water partition coefficient (Wildman–Crippen LogP) is 4.42. The number of ether oxygens (including phenoxy) is 3. The lowest BCUT2D eigenvalue weighted by Gasteiger charge is -2.11. The number of hydrogen-bond donors (Lipinski definition) is 0. The Bertz CT molecular complexity index is 738. The molecule has 0 aliphatic rings. The third-order valence-electron chi connectivity index (χ3n) is 3.32. The summed E-state index contributed by atoms with van der Waals surface area (Å²) < 4.78 is 16.2. The van der Waals surface area contributed by atoms with Crippen LogP contribution in [-0.2, 0) is 4.74 Å². The van der Waals surface area contributed by atoms with Gasteiger partial charge in [0.05, 0.1) is 26.9 Å². The molecule has 0 atom stereocenters. The number of esters is 1. The summed E-state index contributed by atoms with van der Waals surface area (Å²) in [5.41, 5.74) is 2.14. The Kier molecular flexibility index (Phi) is 5.82. The summed E-state index contributed by atoms with van der Waals surface area (Å²) in [4.78, 5) is 11.8. The summed E-state index contributed by atoms with van der Waals surface area (Å²) >= 11 is 3.47. The van der Waals surface area contributed by atoms with E-state index < -0.39 is 0 Å². The fraction of sp³-hybridized carbons (Fsp3) is 0.167. The minimum atomic E-state index is -0.367. The molecule has 2 aromatic rings. The number of rotatable bonds is 5. The SMILES string of the molecule is COC(=O)c1ccccc1C=Cc1ccc(OC)c(Br)c1OC. The van der Waals surface area contributed by atoms with Crippen LogP contribution in [0.1, 0.15) is 21.5 Å². The molecule has 0 aliphatic heterocycles. The molecule has 0 unspecified atom stereocenters. The summed E-state index contributed by atoms with van der Waals surface area (Å²) in [5.74, 6) is 0.984. The molecule has 0 spiro atoms. The third-order valence-corrected chi connectivity index (χ3v) is 4.08. The molecule has 120 valence electrons. The number of hydrogen-bond acceptors (Lipinski definition) is 4. The number of halogens is 1. The van der Waals surface area contributed by atoms with Crippen LogP contribution in [0.3, 0.4) is 0 Å². The molecule has 2 rings (SSSR count). The first-order valence-electron chi connectivity index (χ1n) is 6.88. The van der Waals surface area contributed by atoms with Crippen molar-refractivity contribution in [1.82, 2.24) is 0 Å². The zero-order valence-corrected chi connectivity index (χ0v) is 14.7. The van der Waals surface area contributed by atoms with Crippen LogP contribution < -0.4 is 9.47 Å². The van der Waals surface area contributed by atoms with E-state index in [4.69, 9.17) is 14.2 Å². The molecule has 0 aromatic heterocycles. The highest BCUT2D eigenvalue weighted by Crippen LogP contribution is 2.38. The van der Waals surface area contributed by atoms with E-state index in [1.165, 1.54) is 7.11 Å². The molecular weight excluding hydrogens is 360 g/mol. The zero-order chi connectivity index (χ0) is 16.8. The lowest BCUT2D eigenvalue weighted by Crippen LogP contribution is -2.03. The van der Waals surface area contributed by atoms with Crippen molar-refractivity contribution in [2.24, 2.45) is 0 Å². The van der Waals surface area contributed by atoms with Gasteiger partial charge in [-0.25, -0.2) is 4.79 Å². The number of methoxy groups -OCH3 is 3. The summed E-state index contributed by atoms with van der Waals surface area (Å²) in [6, 6.07) is 11.0. The highest BCUT2D eigenvalue weighted by molar-refractivity contribution is 9.10. The standard InChI is InChI=1S/C18H17BrO4/c1-21-15-11-10-13(17(22-2)16(15)19)9-8-12-6-4-5-7-14(12)18(20)23-3/h4-11H,1-3H3. The van der Waals surface area contributed by atoms with Gasteiger partial charge in [-0.15, -0.1) is 0 Å². The highest BCUT2D eigenvalue weighted by Gasteiger charge is 2.12. The molecule has 2 aromatic carbocycles. The summed E-state index contributed by atoms with van der Waals surface area (Å²) in [5, 5.41) is 0. The normalized spacial score (nSPS) is 10.6. The van der Waals surface area contributed by atoms with Crippen molar-refractivity contribution in [2.75, 3.05) is 21.3 Å². The van der Waals surface area contributed by atoms with Gasteiger partial charge in [0.1, 0.15) is 16.0 Å². The average molecular weight is 377 g/mol. The lowest BCUT2D eigenvalue weighted by atomic mass is 10.1. The molecule has 0 fully saturated rings. The quantitative estimate of drug-likeness (QED) is 0.572. The molecule has 0 heterocycles. The first kappa shape index (κ1) is 17.1. The Morgan fingerprint density at radius 2 is 1.65 bits per heavy atom. The first-order valence-corrected chi connectivity index (χ1v) is 7.67. The maximum atomic E-state index is 11.8. The molecule has 0 saturated heterocycles.